The summed E-state index contributed by atoms with van der Waals surface area (Å²) in [5.74, 6) is -0.256. The third-order valence-electron chi connectivity index (χ3n) is 5.09. The average Bonchev–Trinajstić information content (AvgIpc) is 2.83. The first kappa shape index (κ1) is 20.9. The van der Waals surface area contributed by atoms with E-state index in [4.69, 9.17) is 9.72 Å². The zero-order valence-electron chi connectivity index (χ0n) is 17.6. The average molecular weight is 427 g/mol. The maximum atomic E-state index is 13.8. The van der Waals surface area contributed by atoms with E-state index < -0.39 is 12.0 Å². The topological polar surface area (TPSA) is 83.0 Å². The Bertz CT molecular complexity index is 1280. The number of nitrogens with zero attached hydrogens (tertiary/aromatic N) is 3. The number of methoxy groups -OCH3 is 1. The van der Waals surface area contributed by atoms with Crippen LogP contribution in [0.1, 0.15) is 10.4 Å². The smallest absolute Gasteiger partial charge is 0.431 e. The lowest BCUT2D eigenvalue weighted by atomic mass is 10.0. The van der Waals surface area contributed by atoms with Crippen molar-refractivity contribution in [2.24, 2.45) is 0 Å². The number of aromatic nitrogens is 1. The second-order valence-corrected chi connectivity index (χ2v) is 7.01. The molecule has 7 heteroatoms. The number of para-hydroxylation sites is 2. The molecule has 0 aliphatic heterocycles. The zero-order chi connectivity index (χ0) is 22.7. The van der Waals surface area contributed by atoms with E-state index in [1.54, 1.807) is 42.5 Å². The fraction of sp³-hybridized carbons (Fsp3) is 0.0800. The third-order valence-corrected chi connectivity index (χ3v) is 5.09. The minimum absolute atomic E-state index is 0.238. The van der Waals surface area contributed by atoms with Gasteiger partial charge < -0.3 is 9.84 Å². The van der Waals surface area contributed by atoms with Gasteiger partial charge in [-0.15, -0.1) is 0 Å². The van der Waals surface area contributed by atoms with E-state index in [2.05, 4.69) is 0 Å². The van der Waals surface area contributed by atoms with Gasteiger partial charge in [0, 0.05) is 18.0 Å². The fourth-order valence-electron chi connectivity index (χ4n) is 3.63. The summed E-state index contributed by atoms with van der Waals surface area (Å²) in [6, 6.07) is 25.1. The van der Waals surface area contributed by atoms with Crippen molar-refractivity contribution >= 4 is 28.6 Å². The van der Waals surface area contributed by atoms with Crippen LogP contribution in [0.25, 0.3) is 22.2 Å². The number of hydrogen-bond acceptors (Lipinski definition) is 4. The van der Waals surface area contributed by atoms with Gasteiger partial charge in [0.1, 0.15) is 5.69 Å². The molecule has 32 heavy (non-hydrogen) atoms. The van der Waals surface area contributed by atoms with Crippen molar-refractivity contribution in [1.82, 2.24) is 9.99 Å². The lowest BCUT2D eigenvalue weighted by Crippen LogP contribution is -2.47. The maximum absolute atomic E-state index is 13.8. The van der Waals surface area contributed by atoms with Gasteiger partial charge in [-0.2, -0.15) is 5.01 Å². The maximum Gasteiger partial charge on any atom is 0.431 e. The number of anilines is 1. The Balaban J connectivity index is 1.93. The molecule has 0 saturated carbocycles. The van der Waals surface area contributed by atoms with Crippen LogP contribution in [0, 0.1) is 0 Å². The van der Waals surface area contributed by atoms with Crippen LogP contribution in [-0.2, 0) is 0 Å². The molecular formula is C25H21N3O4. The number of ether oxygens (including phenoxy) is 1. The van der Waals surface area contributed by atoms with E-state index in [1.807, 2.05) is 42.5 Å². The van der Waals surface area contributed by atoms with Crippen LogP contribution >= 0.6 is 0 Å². The first-order valence-corrected chi connectivity index (χ1v) is 9.91. The summed E-state index contributed by atoms with van der Waals surface area (Å²) in [5.41, 5.74) is 2.47. The Hall–Kier alpha value is -4.39. The van der Waals surface area contributed by atoms with Crippen molar-refractivity contribution in [1.29, 1.82) is 0 Å². The summed E-state index contributed by atoms with van der Waals surface area (Å²) in [6.07, 6.45) is -1.28. The van der Waals surface area contributed by atoms with Gasteiger partial charge in [-0.1, -0.05) is 66.7 Å². The van der Waals surface area contributed by atoms with Gasteiger partial charge in [-0.3, -0.25) is 4.79 Å². The first-order valence-electron chi connectivity index (χ1n) is 9.91. The highest BCUT2D eigenvalue weighted by molar-refractivity contribution is 6.11. The molecule has 0 fully saturated rings. The lowest BCUT2D eigenvalue weighted by molar-refractivity contribution is 0.0768. The normalized spacial score (nSPS) is 10.6. The van der Waals surface area contributed by atoms with Crippen molar-refractivity contribution in [3.05, 3.63) is 90.5 Å². The monoisotopic (exact) mass is 427 g/mol. The number of hydrogen-bond donors (Lipinski definition) is 1. The van der Waals surface area contributed by atoms with Gasteiger partial charge >= 0.3 is 6.09 Å². The Kier molecular flexibility index (Phi) is 5.72. The molecule has 1 heterocycles. The SMILES string of the molecule is COc1c(-c2ccccc2)nc2ccccc2c1C(=O)N(C)N(C(=O)O)c1ccccc1. The molecule has 4 rings (SSSR count). The molecule has 3 aromatic carbocycles. The van der Waals surface area contributed by atoms with Crippen molar-refractivity contribution in [3.63, 3.8) is 0 Å². The summed E-state index contributed by atoms with van der Waals surface area (Å²) in [5, 5.41) is 12.4. The molecule has 0 radical (unpaired) electrons. The number of rotatable bonds is 4. The summed E-state index contributed by atoms with van der Waals surface area (Å²) in [6.45, 7) is 0. The molecule has 4 aromatic rings. The Morgan fingerprint density at radius 1 is 0.875 bits per heavy atom. The molecule has 0 bridgehead atoms. The number of carbonyl (C=O) groups excluding carboxylic acids is 1. The van der Waals surface area contributed by atoms with Crippen molar-refractivity contribution in [2.45, 2.75) is 0 Å². The molecule has 160 valence electrons. The Morgan fingerprint density at radius 2 is 1.47 bits per heavy atom. The number of carboxylic acid groups (broad SMARTS) is 1. The standard InChI is InChI=1S/C25H21N3O4/c1-27(28(25(30)31)18-13-7-4-8-14-18)24(29)21-19-15-9-10-16-20(19)26-22(23(21)32-2)17-11-5-3-6-12-17/h3-16H,1-2H3,(H,30,31). The number of pyridine rings is 1. The van der Waals surface area contributed by atoms with Crippen LogP contribution in [-0.4, -0.2) is 41.3 Å². The lowest BCUT2D eigenvalue weighted by Gasteiger charge is -2.30. The molecule has 0 saturated heterocycles. The first-order chi connectivity index (χ1) is 15.5. The van der Waals surface area contributed by atoms with E-state index in [0.29, 0.717) is 22.3 Å². The van der Waals surface area contributed by atoms with E-state index in [1.165, 1.54) is 14.2 Å². The predicted molar refractivity (Wildman–Crippen MR) is 123 cm³/mol. The molecule has 0 aliphatic carbocycles. The van der Waals surface area contributed by atoms with Crippen LogP contribution in [0.3, 0.4) is 0 Å². The molecule has 1 aromatic heterocycles. The van der Waals surface area contributed by atoms with Crippen LogP contribution in [0.5, 0.6) is 5.75 Å². The predicted octanol–water partition coefficient (Wildman–Crippen LogP) is 5.08. The number of fused-ring (bicyclic) bond motifs is 1. The van der Waals surface area contributed by atoms with Gasteiger partial charge in [0.2, 0.25) is 0 Å². The van der Waals surface area contributed by atoms with Gasteiger partial charge in [0.25, 0.3) is 5.91 Å². The summed E-state index contributed by atoms with van der Waals surface area (Å²) < 4.78 is 5.68. The van der Waals surface area contributed by atoms with Crippen LogP contribution in [0.15, 0.2) is 84.9 Å². The van der Waals surface area contributed by atoms with Crippen LogP contribution in [0.2, 0.25) is 0 Å². The molecule has 0 atom stereocenters. The largest absolute Gasteiger partial charge is 0.494 e. The zero-order valence-corrected chi connectivity index (χ0v) is 17.6. The van der Waals surface area contributed by atoms with E-state index in [0.717, 1.165) is 15.6 Å². The quantitative estimate of drug-likeness (QED) is 0.459. The van der Waals surface area contributed by atoms with Crippen molar-refractivity contribution < 1.29 is 19.4 Å². The van der Waals surface area contributed by atoms with Gasteiger partial charge in [0.05, 0.1) is 23.9 Å². The summed E-state index contributed by atoms with van der Waals surface area (Å²) >= 11 is 0. The fourth-order valence-corrected chi connectivity index (χ4v) is 3.63. The molecule has 2 amide bonds. The molecule has 0 aliphatic rings. The van der Waals surface area contributed by atoms with Crippen LogP contribution < -0.4 is 9.75 Å². The van der Waals surface area contributed by atoms with Gasteiger partial charge in [0.15, 0.2) is 5.75 Å². The minimum Gasteiger partial charge on any atom is -0.494 e. The highest BCUT2D eigenvalue weighted by Gasteiger charge is 2.30. The van der Waals surface area contributed by atoms with Crippen molar-refractivity contribution in [2.75, 3.05) is 19.2 Å². The minimum atomic E-state index is -1.28. The summed E-state index contributed by atoms with van der Waals surface area (Å²) in [4.78, 5) is 30.6. The number of amides is 2. The third kappa shape index (κ3) is 3.72. The van der Waals surface area contributed by atoms with E-state index in [-0.39, 0.29) is 11.3 Å². The highest BCUT2D eigenvalue weighted by atomic mass is 16.5. The molecule has 7 nitrogen and oxygen atoms in total. The van der Waals surface area contributed by atoms with Gasteiger partial charge in [-0.25, -0.2) is 14.8 Å². The molecule has 0 spiro atoms. The highest BCUT2D eigenvalue weighted by Crippen LogP contribution is 2.37. The number of benzene rings is 3. The summed E-state index contributed by atoms with van der Waals surface area (Å²) in [7, 11) is 2.89. The Labute approximate surface area is 185 Å². The number of hydrazine groups is 1. The van der Waals surface area contributed by atoms with E-state index in [9.17, 15) is 14.7 Å². The van der Waals surface area contributed by atoms with Crippen molar-refractivity contribution in [3.8, 4) is 17.0 Å². The molecule has 0 unspecified atom stereocenters. The molecule has 1 N–H and O–H groups in total. The molecular weight excluding hydrogens is 406 g/mol. The van der Waals surface area contributed by atoms with Crippen LogP contribution in [0.4, 0.5) is 10.5 Å². The Morgan fingerprint density at radius 3 is 2.09 bits per heavy atom. The van der Waals surface area contributed by atoms with E-state index >= 15 is 0 Å². The number of carbonyl (C=O) groups is 2. The second kappa shape index (κ2) is 8.77. The van der Waals surface area contributed by atoms with Gasteiger partial charge in [-0.05, 0) is 18.2 Å². The second-order valence-electron chi connectivity index (χ2n) is 7.01.